The number of hydrogen-bond acceptors (Lipinski definition) is 4. The molecule has 0 fully saturated rings. The van der Waals surface area contributed by atoms with E-state index in [-0.39, 0.29) is 11.6 Å². The summed E-state index contributed by atoms with van der Waals surface area (Å²) in [6.45, 7) is 7.27. The van der Waals surface area contributed by atoms with Crippen LogP contribution in [0.5, 0.6) is 0 Å². The van der Waals surface area contributed by atoms with E-state index in [1.807, 2.05) is 13.2 Å². The van der Waals surface area contributed by atoms with E-state index >= 15 is 0 Å². The monoisotopic (exact) mass is 418 g/mol. The molecule has 0 saturated carbocycles. The molecule has 0 radical (unpaired) electrons. The van der Waals surface area contributed by atoms with Crippen molar-refractivity contribution in [3.8, 4) is 0 Å². The Kier molecular flexibility index (Phi) is 5.72. The number of amidine groups is 1. The Morgan fingerprint density at radius 3 is 2.07 bits per heavy atom. The molecule has 1 amide bonds. The van der Waals surface area contributed by atoms with E-state index in [1.54, 1.807) is 45.0 Å². The highest BCUT2D eigenvalue weighted by molar-refractivity contribution is 8.13. The Bertz CT molecular complexity index is 923. The second kappa shape index (κ2) is 7.78. The predicted octanol–water partition coefficient (Wildman–Crippen LogP) is 5.89. The summed E-state index contributed by atoms with van der Waals surface area (Å²) in [5.74, 6) is -0.725. The molecule has 1 heterocycles. The number of thioether (sulfide) groups is 1. The SMILES string of the molecule is CSC1=NC(C)(c2ccc(F)cc2)C(c2ccc(F)cc2)N1C(=O)OC(C)(C)C. The summed E-state index contributed by atoms with van der Waals surface area (Å²) in [5.41, 5.74) is -0.147. The quantitative estimate of drug-likeness (QED) is 0.611. The van der Waals surface area contributed by atoms with E-state index in [9.17, 15) is 13.6 Å². The van der Waals surface area contributed by atoms with Gasteiger partial charge in [-0.2, -0.15) is 0 Å². The maximum atomic E-state index is 13.6. The Hall–Kier alpha value is -2.41. The number of rotatable bonds is 2. The highest BCUT2D eigenvalue weighted by Crippen LogP contribution is 2.49. The molecule has 7 heteroatoms. The lowest BCUT2D eigenvalue weighted by Gasteiger charge is -2.35. The van der Waals surface area contributed by atoms with Crippen LogP contribution >= 0.6 is 11.8 Å². The minimum absolute atomic E-state index is 0.355. The maximum Gasteiger partial charge on any atom is 0.417 e. The van der Waals surface area contributed by atoms with Crippen LogP contribution in [0.1, 0.15) is 44.9 Å². The highest BCUT2D eigenvalue weighted by atomic mass is 32.2. The number of ether oxygens (including phenoxy) is 1. The first-order chi connectivity index (χ1) is 13.5. The van der Waals surface area contributed by atoms with E-state index in [2.05, 4.69) is 0 Å². The molecule has 4 nitrogen and oxygen atoms in total. The minimum atomic E-state index is -0.902. The van der Waals surface area contributed by atoms with E-state index < -0.39 is 23.3 Å². The van der Waals surface area contributed by atoms with Crippen LogP contribution in [0.4, 0.5) is 13.6 Å². The van der Waals surface area contributed by atoms with E-state index in [1.165, 1.54) is 40.9 Å². The maximum absolute atomic E-state index is 13.6. The summed E-state index contributed by atoms with van der Waals surface area (Å²) in [7, 11) is 0. The van der Waals surface area contributed by atoms with Crippen LogP contribution in [0.2, 0.25) is 0 Å². The van der Waals surface area contributed by atoms with Gasteiger partial charge in [0.1, 0.15) is 22.8 Å². The van der Waals surface area contributed by atoms with Crippen LogP contribution in [-0.4, -0.2) is 28.0 Å². The van der Waals surface area contributed by atoms with Gasteiger partial charge >= 0.3 is 6.09 Å². The normalized spacial score (nSPS) is 21.8. The summed E-state index contributed by atoms with van der Waals surface area (Å²) in [6.07, 6.45) is 1.29. The molecule has 1 aliphatic rings. The summed E-state index contributed by atoms with van der Waals surface area (Å²) in [6, 6.07) is 11.5. The lowest BCUT2D eigenvalue weighted by atomic mass is 9.81. The second-order valence-corrected chi connectivity index (χ2v) is 8.83. The fourth-order valence-electron chi connectivity index (χ4n) is 3.44. The third-order valence-corrected chi connectivity index (χ3v) is 5.36. The summed E-state index contributed by atoms with van der Waals surface area (Å²) < 4.78 is 32.7. The van der Waals surface area contributed by atoms with Gasteiger partial charge in [0.15, 0.2) is 5.17 Å². The largest absolute Gasteiger partial charge is 0.443 e. The van der Waals surface area contributed by atoms with E-state index in [0.717, 1.165) is 5.56 Å². The minimum Gasteiger partial charge on any atom is -0.443 e. The Morgan fingerprint density at radius 2 is 1.59 bits per heavy atom. The van der Waals surface area contributed by atoms with Gasteiger partial charge in [-0.15, -0.1) is 0 Å². The Labute approximate surface area is 174 Å². The molecule has 3 rings (SSSR count). The van der Waals surface area contributed by atoms with Crippen molar-refractivity contribution in [3.63, 3.8) is 0 Å². The number of hydrogen-bond donors (Lipinski definition) is 0. The van der Waals surface area contributed by atoms with Crippen LogP contribution in [0.25, 0.3) is 0 Å². The topological polar surface area (TPSA) is 41.9 Å². The van der Waals surface area contributed by atoms with Crippen molar-refractivity contribution in [3.05, 3.63) is 71.3 Å². The van der Waals surface area contributed by atoms with Gasteiger partial charge in [0.05, 0.1) is 6.04 Å². The van der Waals surface area contributed by atoms with Crippen LogP contribution in [0, 0.1) is 11.6 Å². The Morgan fingerprint density at radius 1 is 1.07 bits per heavy atom. The molecule has 0 aliphatic carbocycles. The number of benzene rings is 2. The summed E-state index contributed by atoms with van der Waals surface area (Å²) in [4.78, 5) is 19.5. The molecule has 0 bridgehead atoms. The molecule has 0 aromatic heterocycles. The zero-order chi connectivity index (χ0) is 21.4. The lowest BCUT2D eigenvalue weighted by molar-refractivity contribution is 0.0292. The standard InChI is InChI=1S/C22H24F2N2O2S/c1-21(2,3)28-20(27)26-18(14-6-10-16(23)11-7-14)22(4,25-19(26)29-5)15-8-12-17(24)13-9-15/h6-13,18H,1-5H3. The van der Waals surface area contributed by atoms with Gasteiger partial charge in [-0.25, -0.2) is 23.5 Å². The van der Waals surface area contributed by atoms with Crippen molar-refractivity contribution in [2.24, 2.45) is 4.99 Å². The second-order valence-electron chi connectivity index (χ2n) is 8.06. The number of carbonyl (C=O) groups excluding carboxylic acids is 1. The fraction of sp³-hybridized carbons (Fsp3) is 0.364. The molecular weight excluding hydrogens is 394 g/mol. The molecule has 0 spiro atoms. The highest BCUT2D eigenvalue weighted by Gasteiger charge is 2.51. The van der Waals surface area contributed by atoms with Crippen molar-refractivity contribution in [2.45, 2.75) is 44.9 Å². The van der Waals surface area contributed by atoms with Gasteiger partial charge in [-0.1, -0.05) is 36.0 Å². The molecule has 2 aromatic rings. The Balaban J connectivity index is 2.16. The summed E-state index contributed by atoms with van der Waals surface area (Å²) >= 11 is 1.32. The van der Waals surface area contributed by atoms with Crippen LogP contribution < -0.4 is 0 Å². The first-order valence-corrected chi connectivity index (χ1v) is 10.5. The van der Waals surface area contributed by atoms with Crippen molar-refractivity contribution in [2.75, 3.05) is 6.26 Å². The number of carbonyl (C=O) groups is 1. The smallest absolute Gasteiger partial charge is 0.417 e. The first-order valence-electron chi connectivity index (χ1n) is 9.23. The van der Waals surface area contributed by atoms with E-state index in [4.69, 9.17) is 9.73 Å². The van der Waals surface area contributed by atoms with Gasteiger partial charge in [0, 0.05) is 0 Å². The molecule has 2 aromatic carbocycles. The molecular formula is C22H24F2N2O2S. The number of nitrogens with zero attached hydrogens (tertiary/aromatic N) is 2. The average molecular weight is 419 g/mol. The molecule has 0 N–H and O–H groups in total. The molecule has 1 aliphatic heterocycles. The predicted molar refractivity (Wildman–Crippen MR) is 112 cm³/mol. The molecule has 2 atom stereocenters. The van der Waals surface area contributed by atoms with Gasteiger partial charge in [0.25, 0.3) is 0 Å². The molecule has 2 unspecified atom stereocenters. The third kappa shape index (κ3) is 4.29. The summed E-state index contributed by atoms with van der Waals surface area (Å²) in [5, 5.41) is 0.486. The first kappa shape index (κ1) is 21.3. The lowest BCUT2D eigenvalue weighted by Crippen LogP contribution is -2.43. The fourth-order valence-corrected chi connectivity index (χ4v) is 4.10. The number of halogens is 2. The van der Waals surface area contributed by atoms with Gasteiger partial charge < -0.3 is 4.74 Å². The number of aliphatic imine (C=N–C) groups is 1. The number of amides is 1. The molecule has 29 heavy (non-hydrogen) atoms. The van der Waals surface area contributed by atoms with Gasteiger partial charge in [0.2, 0.25) is 0 Å². The van der Waals surface area contributed by atoms with Crippen molar-refractivity contribution >= 4 is 23.0 Å². The van der Waals surface area contributed by atoms with Crippen LogP contribution in [0.3, 0.4) is 0 Å². The van der Waals surface area contributed by atoms with Gasteiger partial charge in [-0.3, -0.25) is 0 Å². The van der Waals surface area contributed by atoms with Crippen LogP contribution in [0.15, 0.2) is 53.5 Å². The third-order valence-electron chi connectivity index (χ3n) is 4.71. The van der Waals surface area contributed by atoms with Gasteiger partial charge in [-0.05, 0) is 69.3 Å². The zero-order valence-electron chi connectivity index (χ0n) is 17.1. The van der Waals surface area contributed by atoms with Crippen molar-refractivity contribution < 1.29 is 18.3 Å². The van der Waals surface area contributed by atoms with E-state index in [0.29, 0.717) is 10.7 Å². The van der Waals surface area contributed by atoms with Crippen LogP contribution in [-0.2, 0) is 10.3 Å². The average Bonchev–Trinajstić information content (AvgIpc) is 2.95. The zero-order valence-corrected chi connectivity index (χ0v) is 17.9. The van der Waals surface area contributed by atoms with Crippen molar-refractivity contribution in [1.82, 2.24) is 4.90 Å². The molecule has 154 valence electrons. The molecule has 0 saturated heterocycles. The van der Waals surface area contributed by atoms with Crippen molar-refractivity contribution in [1.29, 1.82) is 0 Å².